The van der Waals surface area contributed by atoms with E-state index in [1.807, 2.05) is 0 Å². The van der Waals surface area contributed by atoms with Gasteiger partial charge in [0, 0.05) is 5.56 Å². The van der Waals surface area contributed by atoms with Crippen molar-refractivity contribution in [2.24, 2.45) is 0 Å². The summed E-state index contributed by atoms with van der Waals surface area (Å²) in [5.41, 5.74) is -1.07. The van der Waals surface area contributed by atoms with E-state index >= 15 is 0 Å². The van der Waals surface area contributed by atoms with Gasteiger partial charge in [0.1, 0.15) is 10.8 Å². The molecule has 0 unspecified atom stereocenters. The zero-order valence-corrected chi connectivity index (χ0v) is 11.3. The Kier molecular flexibility index (Phi) is 2.88. The van der Waals surface area contributed by atoms with Crippen LogP contribution in [0.25, 0.3) is 10.6 Å². The summed E-state index contributed by atoms with van der Waals surface area (Å²) in [5.74, 6) is -0.423. The lowest BCUT2D eigenvalue weighted by atomic mass is 10.1. The molecule has 0 aliphatic heterocycles. The number of halogens is 3. The van der Waals surface area contributed by atoms with Gasteiger partial charge in [-0.2, -0.15) is 13.2 Å². The van der Waals surface area contributed by atoms with Crippen molar-refractivity contribution in [2.75, 3.05) is 5.72 Å². The van der Waals surface area contributed by atoms with E-state index in [1.165, 1.54) is 6.07 Å². The van der Waals surface area contributed by atoms with Gasteiger partial charge in [0.15, 0.2) is 2.82 Å². The van der Waals surface area contributed by atoms with Crippen LogP contribution in [0.1, 0.15) is 20.8 Å². The van der Waals surface area contributed by atoms with Crippen molar-refractivity contribution in [1.29, 1.82) is 0 Å². The minimum atomic E-state index is -4.76. The second kappa shape index (κ2) is 5.28. The van der Waals surface area contributed by atoms with E-state index in [-0.39, 0.29) is 21.4 Å². The van der Waals surface area contributed by atoms with Crippen LogP contribution in [-0.4, -0.2) is 16.3 Å². The summed E-state index contributed by atoms with van der Waals surface area (Å²) in [4.78, 5) is 0. The van der Waals surface area contributed by atoms with Gasteiger partial charge in [0.25, 0.3) is 0 Å². The number of anilines is 1. The predicted octanol–water partition coefficient (Wildman–Crippen LogP) is 3.59. The van der Waals surface area contributed by atoms with Gasteiger partial charge in [-0.05, 0) is 32.0 Å². The molecule has 0 atom stereocenters. The summed E-state index contributed by atoms with van der Waals surface area (Å²) in [6.45, 7) is 3.18. The summed E-state index contributed by atoms with van der Waals surface area (Å²) < 4.78 is 67.0. The minimum Gasteiger partial charge on any atom is -0.490 e. The van der Waals surface area contributed by atoms with Gasteiger partial charge in [0.2, 0.25) is 5.13 Å². The highest BCUT2D eigenvalue weighted by Gasteiger charge is 2.35. The van der Waals surface area contributed by atoms with Crippen LogP contribution in [0, 0.1) is 0 Å². The molecular weight excluding hydrogens is 291 g/mol. The molecule has 0 aliphatic rings. The van der Waals surface area contributed by atoms with Crippen molar-refractivity contribution in [2.45, 2.75) is 26.1 Å². The normalized spacial score (nSPS) is 13.8. The average Bonchev–Trinajstić information content (AvgIpc) is 2.86. The van der Waals surface area contributed by atoms with E-state index in [0.29, 0.717) is 0 Å². The molecule has 0 radical (unpaired) electrons. The Bertz CT molecular complexity index is 707. The van der Waals surface area contributed by atoms with Crippen LogP contribution in [0.15, 0.2) is 18.2 Å². The molecule has 108 valence electrons. The molecule has 1 heterocycles. The van der Waals surface area contributed by atoms with Crippen molar-refractivity contribution in [3.8, 4) is 16.3 Å². The molecule has 2 N–H and O–H groups in total. The first-order chi connectivity index (χ1) is 10.6. The van der Waals surface area contributed by atoms with E-state index in [1.54, 1.807) is 13.8 Å². The standard InChI is InChI=1S/C12H12F3N3OS/c1-6(2)19-9-4-3-7(5-8(9)12(13,14)15)10-17-18-11(16)20-10/h3-6H,1-2H3,(H2,16,18)/i5D/hD2. The Hall–Kier alpha value is -1.83. The number of benzene rings is 1. The van der Waals surface area contributed by atoms with Crippen LogP contribution in [-0.2, 0) is 6.18 Å². The first-order valence-corrected chi connectivity index (χ1v) is 6.42. The third-order valence-corrected chi connectivity index (χ3v) is 2.96. The number of hydrogen-bond donors (Lipinski definition) is 1. The smallest absolute Gasteiger partial charge is 0.419 e. The molecule has 2 aromatic rings. The summed E-state index contributed by atoms with van der Waals surface area (Å²) >= 11 is 0.748. The fourth-order valence-electron chi connectivity index (χ4n) is 1.49. The molecule has 8 heteroatoms. The van der Waals surface area contributed by atoms with Crippen molar-refractivity contribution < 1.29 is 22.1 Å². The average molecular weight is 306 g/mol. The van der Waals surface area contributed by atoms with Crippen molar-refractivity contribution in [3.63, 3.8) is 0 Å². The van der Waals surface area contributed by atoms with Crippen LogP contribution >= 0.6 is 11.3 Å². The molecule has 0 aliphatic carbocycles. The predicted molar refractivity (Wildman–Crippen MR) is 70.5 cm³/mol. The topological polar surface area (TPSA) is 61.0 Å². The Morgan fingerprint density at radius 3 is 2.70 bits per heavy atom. The first-order valence-electron chi connectivity index (χ1n) is 7.00. The maximum atomic E-state index is 13.3. The highest BCUT2D eigenvalue weighted by Crippen LogP contribution is 2.39. The molecule has 1 aromatic heterocycles. The molecule has 0 amide bonds. The summed E-state index contributed by atoms with van der Waals surface area (Å²) in [5, 5.41) is 7.07. The lowest BCUT2D eigenvalue weighted by Gasteiger charge is -2.16. The molecule has 0 saturated heterocycles. The quantitative estimate of drug-likeness (QED) is 0.937. The molecular formula is C12H12F3N3OS. The van der Waals surface area contributed by atoms with Crippen LogP contribution in [0.3, 0.4) is 0 Å². The molecule has 20 heavy (non-hydrogen) atoms. The van der Waals surface area contributed by atoms with Gasteiger partial charge in [-0.15, -0.1) is 10.2 Å². The van der Waals surface area contributed by atoms with E-state index in [9.17, 15) is 13.2 Å². The SMILES string of the molecule is [2H]c1c(-c2nnc(N([2H])[2H])s2)ccc(OC(C)C)c1C(F)(F)F. The number of aromatic nitrogens is 2. The monoisotopic (exact) mass is 306 g/mol. The number of nitrogens with zero attached hydrogens (tertiary/aromatic N) is 2. The minimum absolute atomic E-state index is 0.0242. The summed E-state index contributed by atoms with van der Waals surface area (Å²) in [6.07, 6.45) is -5.24. The number of alkyl halides is 3. The third-order valence-electron chi connectivity index (χ3n) is 2.20. The van der Waals surface area contributed by atoms with Gasteiger partial charge in [-0.25, -0.2) is 0 Å². The van der Waals surface area contributed by atoms with Gasteiger partial charge in [0.05, 0.1) is 13.0 Å². The van der Waals surface area contributed by atoms with Gasteiger partial charge < -0.3 is 10.5 Å². The van der Waals surface area contributed by atoms with E-state index in [4.69, 9.17) is 8.93 Å². The Labute approximate surface area is 121 Å². The molecule has 0 saturated carbocycles. The van der Waals surface area contributed by atoms with Gasteiger partial charge in [-0.3, -0.25) is 0 Å². The first kappa shape index (κ1) is 10.9. The van der Waals surface area contributed by atoms with Crippen LogP contribution in [0.2, 0.25) is 2.82 Å². The summed E-state index contributed by atoms with van der Waals surface area (Å²) in [7, 11) is 0. The number of nitrogens with two attached hydrogens (primary N) is 1. The number of rotatable bonds is 4. The number of nitrogen functional groups attached to an aromatic ring is 1. The lowest BCUT2D eigenvalue weighted by molar-refractivity contribution is -0.139. The van der Waals surface area contributed by atoms with Crippen LogP contribution in [0.4, 0.5) is 18.3 Å². The Morgan fingerprint density at radius 2 is 2.15 bits per heavy atom. The van der Waals surface area contributed by atoms with E-state index in [2.05, 4.69) is 10.2 Å². The molecule has 0 spiro atoms. The van der Waals surface area contributed by atoms with Crippen molar-refractivity contribution in [1.82, 2.24) is 10.2 Å². The third kappa shape index (κ3) is 3.19. The zero-order chi connectivity index (χ0) is 17.4. The fraction of sp³-hybridized carbons (Fsp3) is 0.333. The molecule has 4 nitrogen and oxygen atoms in total. The Balaban J connectivity index is 2.58. The van der Waals surface area contributed by atoms with Gasteiger partial charge >= 0.3 is 6.18 Å². The molecule has 0 fully saturated rings. The molecule has 2 rings (SSSR count). The maximum Gasteiger partial charge on any atom is 0.419 e. The van der Waals surface area contributed by atoms with Gasteiger partial charge in [-0.1, -0.05) is 11.3 Å². The number of hydrogen-bond acceptors (Lipinski definition) is 5. The fourth-order valence-corrected chi connectivity index (χ4v) is 2.06. The van der Waals surface area contributed by atoms with Crippen LogP contribution in [0.5, 0.6) is 5.75 Å². The zero-order valence-electron chi connectivity index (χ0n) is 13.5. The number of ether oxygens (including phenoxy) is 1. The highest BCUT2D eigenvalue weighted by molar-refractivity contribution is 7.18. The van der Waals surface area contributed by atoms with Crippen molar-refractivity contribution >= 4 is 16.5 Å². The molecule has 1 aromatic carbocycles. The second-order valence-electron chi connectivity index (χ2n) is 4.17. The van der Waals surface area contributed by atoms with Crippen LogP contribution < -0.4 is 10.5 Å². The highest BCUT2D eigenvalue weighted by atomic mass is 32.1. The largest absolute Gasteiger partial charge is 0.490 e. The lowest BCUT2D eigenvalue weighted by Crippen LogP contribution is -2.13. The van der Waals surface area contributed by atoms with Crippen molar-refractivity contribution in [3.05, 3.63) is 23.7 Å². The maximum absolute atomic E-state index is 13.3. The second-order valence-corrected chi connectivity index (χ2v) is 5.12. The summed E-state index contributed by atoms with van der Waals surface area (Å²) in [6, 6.07) is 1.65. The Morgan fingerprint density at radius 1 is 1.40 bits per heavy atom. The van der Waals surface area contributed by atoms with E-state index in [0.717, 1.165) is 17.4 Å². The van der Waals surface area contributed by atoms with E-state index < -0.39 is 29.6 Å². The molecule has 0 bridgehead atoms.